The maximum atomic E-state index is 12.3. The lowest BCUT2D eigenvalue weighted by atomic mass is 10.2. The molecule has 1 fully saturated rings. The van der Waals surface area contributed by atoms with Crippen molar-refractivity contribution in [2.45, 2.75) is 42.5 Å². The first kappa shape index (κ1) is 19.6. The van der Waals surface area contributed by atoms with Crippen molar-refractivity contribution in [1.82, 2.24) is 10.2 Å². The SMILES string of the molecule is O=C(NCCCN1CCCCCC1=O)c1ccc(SC(F)(F)F)cc1. The molecular weight excluding hydrogens is 353 g/mol. The number of carbonyl (C=O) groups is 2. The number of benzene rings is 1. The highest BCUT2D eigenvalue weighted by atomic mass is 32.2. The van der Waals surface area contributed by atoms with Crippen LogP contribution in [0.4, 0.5) is 13.2 Å². The lowest BCUT2D eigenvalue weighted by Gasteiger charge is -2.20. The van der Waals surface area contributed by atoms with Crippen LogP contribution in [0.15, 0.2) is 29.2 Å². The van der Waals surface area contributed by atoms with Gasteiger partial charge in [-0.25, -0.2) is 0 Å². The van der Waals surface area contributed by atoms with Crippen molar-refractivity contribution in [1.29, 1.82) is 0 Å². The summed E-state index contributed by atoms with van der Waals surface area (Å²) in [6.45, 7) is 1.80. The van der Waals surface area contributed by atoms with Crippen LogP contribution in [-0.4, -0.2) is 41.9 Å². The Bertz CT molecular complexity index is 591. The summed E-state index contributed by atoms with van der Waals surface area (Å²) in [6, 6.07) is 5.31. The minimum atomic E-state index is -4.34. The smallest absolute Gasteiger partial charge is 0.352 e. The molecule has 138 valence electrons. The van der Waals surface area contributed by atoms with Crippen molar-refractivity contribution in [2.75, 3.05) is 19.6 Å². The van der Waals surface area contributed by atoms with Gasteiger partial charge in [0.2, 0.25) is 5.91 Å². The van der Waals surface area contributed by atoms with Crippen LogP contribution in [0.25, 0.3) is 0 Å². The Morgan fingerprint density at radius 1 is 1.16 bits per heavy atom. The van der Waals surface area contributed by atoms with Crippen LogP contribution in [0, 0.1) is 0 Å². The van der Waals surface area contributed by atoms with Crippen molar-refractivity contribution in [3.63, 3.8) is 0 Å². The van der Waals surface area contributed by atoms with Crippen LogP contribution in [0.5, 0.6) is 0 Å². The molecule has 0 saturated carbocycles. The van der Waals surface area contributed by atoms with Crippen molar-refractivity contribution >= 4 is 23.6 Å². The minimum Gasteiger partial charge on any atom is -0.352 e. The van der Waals surface area contributed by atoms with Gasteiger partial charge >= 0.3 is 5.51 Å². The average Bonchev–Trinajstić information content (AvgIpc) is 2.75. The van der Waals surface area contributed by atoms with Crippen molar-refractivity contribution in [3.05, 3.63) is 29.8 Å². The molecule has 1 aliphatic heterocycles. The number of alkyl halides is 3. The van der Waals surface area contributed by atoms with E-state index in [1.807, 2.05) is 4.90 Å². The summed E-state index contributed by atoms with van der Waals surface area (Å²) in [4.78, 5) is 25.7. The number of hydrogen-bond donors (Lipinski definition) is 1. The van der Waals surface area contributed by atoms with E-state index in [1.165, 1.54) is 24.3 Å². The van der Waals surface area contributed by atoms with Crippen molar-refractivity contribution in [3.8, 4) is 0 Å². The summed E-state index contributed by atoms with van der Waals surface area (Å²) in [5, 5.41) is 2.73. The summed E-state index contributed by atoms with van der Waals surface area (Å²) in [6.07, 6.45) is 4.27. The number of carbonyl (C=O) groups excluding carboxylic acids is 2. The molecule has 1 heterocycles. The van der Waals surface area contributed by atoms with Gasteiger partial charge in [-0.05, 0) is 55.3 Å². The number of nitrogens with one attached hydrogen (secondary N) is 1. The molecule has 1 aromatic carbocycles. The van der Waals surface area contributed by atoms with Gasteiger partial charge < -0.3 is 10.2 Å². The van der Waals surface area contributed by atoms with Gasteiger partial charge in [-0.1, -0.05) is 6.42 Å². The zero-order valence-corrected chi connectivity index (χ0v) is 14.6. The number of hydrogen-bond acceptors (Lipinski definition) is 3. The molecule has 0 atom stereocenters. The molecule has 0 unspecified atom stereocenters. The first-order valence-electron chi connectivity index (χ1n) is 8.27. The van der Waals surface area contributed by atoms with Crippen LogP contribution in [0.3, 0.4) is 0 Å². The predicted octanol–water partition coefficient (Wildman–Crippen LogP) is 3.82. The molecule has 0 radical (unpaired) electrons. The first-order valence-corrected chi connectivity index (χ1v) is 9.08. The third kappa shape index (κ3) is 6.97. The molecule has 0 bridgehead atoms. The Hall–Kier alpha value is -1.70. The maximum Gasteiger partial charge on any atom is 0.446 e. The highest BCUT2D eigenvalue weighted by molar-refractivity contribution is 8.00. The van der Waals surface area contributed by atoms with Gasteiger partial charge in [0.05, 0.1) is 0 Å². The van der Waals surface area contributed by atoms with Gasteiger partial charge in [0.1, 0.15) is 0 Å². The number of halogens is 3. The molecule has 2 amide bonds. The van der Waals surface area contributed by atoms with Crippen LogP contribution >= 0.6 is 11.8 Å². The second-order valence-electron chi connectivity index (χ2n) is 5.87. The van der Waals surface area contributed by atoms with Gasteiger partial charge in [-0.15, -0.1) is 0 Å². The van der Waals surface area contributed by atoms with Crippen LogP contribution < -0.4 is 5.32 Å². The molecule has 8 heteroatoms. The predicted molar refractivity (Wildman–Crippen MR) is 90.4 cm³/mol. The largest absolute Gasteiger partial charge is 0.446 e. The van der Waals surface area contributed by atoms with Gasteiger partial charge in [0.15, 0.2) is 0 Å². The van der Waals surface area contributed by atoms with E-state index in [-0.39, 0.29) is 28.5 Å². The van der Waals surface area contributed by atoms with Gasteiger partial charge in [-0.3, -0.25) is 9.59 Å². The summed E-state index contributed by atoms with van der Waals surface area (Å²) >= 11 is -0.209. The van der Waals surface area contributed by atoms with E-state index in [1.54, 1.807) is 0 Å². The molecule has 2 rings (SSSR count). The van der Waals surface area contributed by atoms with E-state index in [9.17, 15) is 22.8 Å². The third-order valence-electron chi connectivity index (χ3n) is 3.91. The fourth-order valence-corrected chi connectivity index (χ4v) is 3.20. The molecule has 0 spiro atoms. The van der Waals surface area contributed by atoms with Crippen LogP contribution in [0.1, 0.15) is 42.5 Å². The Kier molecular flexibility index (Phi) is 7.16. The monoisotopic (exact) mass is 374 g/mol. The van der Waals surface area contributed by atoms with Crippen LogP contribution in [0.2, 0.25) is 0 Å². The number of rotatable bonds is 6. The Balaban J connectivity index is 1.73. The topological polar surface area (TPSA) is 49.4 Å². The molecule has 0 aliphatic carbocycles. The minimum absolute atomic E-state index is 0.0451. The Morgan fingerprint density at radius 2 is 1.88 bits per heavy atom. The second kappa shape index (κ2) is 9.12. The summed E-state index contributed by atoms with van der Waals surface area (Å²) in [5.74, 6) is -0.160. The lowest BCUT2D eigenvalue weighted by Crippen LogP contribution is -2.34. The molecule has 0 aromatic heterocycles. The fraction of sp³-hybridized carbons (Fsp3) is 0.529. The summed E-state index contributed by atoms with van der Waals surface area (Å²) < 4.78 is 36.8. The molecule has 25 heavy (non-hydrogen) atoms. The lowest BCUT2D eigenvalue weighted by molar-refractivity contribution is -0.130. The molecule has 1 aromatic rings. The molecule has 1 aliphatic rings. The maximum absolute atomic E-state index is 12.3. The molecule has 1 N–H and O–H groups in total. The third-order valence-corrected chi connectivity index (χ3v) is 4.65. The molecular formula is C17H21F3N2O2S. The molecule has 1 saturated heterocycles. The van der Waals surface area contributed by atoms with Gasteiger partial charge in [-0.2, -0.15) is 13.2 Å². The van der Waals surface area contributed by atoms with Crippen molar-refractivity contribution < 1.29 is 22.8 Å². The zero-order chi connectivity index (χ0) is 18.3. The number of amides is 2. The van der Waals surface area contributed by atoms with E-state index in [4.69, 9.17) is 0 Å². The highest BCUT2D eigenvalue weighted by Crippen LogP contribution is 2.36. The second-order valence-corrected chi connectivity index (χ2v) is 7.01. The molecule has 4 nitrogen and oxygen atoms in total. The average molecular weight is 374 g/mol. The number of likely N-dealkylation sites (tertiary alicyclic amines) is 1. The van der Waals surface area contributed by atoms with Gasteiger partial charge in [0, 0.05) is 36.5 Å². The number of thioether (sulfide) groups is 1. The van der Waals surface area contributed by atoms with Crippen LogP contribution in [-0.2, 0) is 4.79 Å². The Morgan fingerprint density at radius 3 is 2.56 bits per heavy atom. The number of nitrogens with zero attached hydrogens (tertiary/aromatic N) is 1. The standard InChI is InChI=1S/C17H21F3N2O2S/c18-17(19,20)25-14-8-6-13(7-9-14)16(24)21-10-4-12-22-11-3-1-2-5-15(22)23/h6-9H,1-5,10-12H2,(H,21,24). The first-order chi connectivity index (χ1) is 11.8. The van der Waals surface area contributed by atoms with Gasteiger partial charge in [0.25, 0.3) is 5.91 Å². The highest BCUT2D eigenvalue weighted by Gasteiger charge is 2.29. The van der Waals surface area contributed by atoms with E-state index in [2.05, 4.69) is 5.32 Å². The fourth-order valence-electron chi connectivity index (χ4n) is 2.66. The van der Waals surface area contributed by atoms with E-state index in [0.717, 1.165) is 25.8 Å². The van der Waals surface area contributed by atoms with E-state index in [0.29, 0.717) is 31.5 Å². The summed E-state index contributed by atoms with van der Waals surface area (Å²) in [7, 11) is 0. The Labute approximate surface area is 149 Å². The van der Waals surface area contributed by atoms with E-state index < -0.39 is 5.51 Å². The quantitative estimate of drug-likeness (QED) is 0.608. The zero-order valence-electron chi connectivity index (χ0n) is 13.8. The summed E-state index contributed by atoms with van der Waals surface area (Å²) in [5.41, 5.74) is -4.02. The normalized spacial score (nSPS) is 15.8. The van der Waals surface area contributed by atoms with Crippen molar-refractivity contribution in [2.24, 2.45) is 0 Å². The van der Waals surface area contributed by atoms with E-state index >= 15 is 0 Å².